The molecule has 1 N–H and O–H groups in total. The Morgan fingerprint density at radius 2 is 1.97 bits per heavy atom. The summed E-state index contributed by atoms with van der Waals surface area (Å²) < 4.78 is 33.8. The minimum atomic E-state index is -0.686. The molecule has 0 aromatic heterocycles. The minimum Gasteiger partial charge on any atom is -0.442 e. The molecule has 4 rings (SSSR count). The van der Waals surface area contributed by atoms with E-state index in [4.69, 9.17) is 4.74 Å². The lowest BCUT2D eigenvalue weighted by Crippen LogP contribution is -2.33. The molecule has 170 valence electrons. The third-order valence-corrected chi connectivity index (χ3v) is 6.23. The van der Waals surface area contributed by atoms with Crippen molar-refractivity contribution < 1.29 is 23.1 Å². The molecule has 1 saturated heterocycles. The van der Waals surface area contributed by atoms with Crippen molar-refractivity contribution in [3.8, 4) is 11.1 Å². The molecule has 32 heavy (non-hydrogen) atoms. The zero-order valence-corrected chi connectivity index (χ0v) is 18.2. The number of nitrogens with one attached hydrogen (secondary N) is 1. The van der Waals surface area contributed by atoms with Gasteiger partial charge in [-0.2, -0.15) is 0 Å². The van der Waals surface area contributed by atoms with Crippen LogP contribution in [0.3, 0.4) is 0 Å². The van der Waals surface area contributed by atoms with Gasteiger partial charge in [0, 0.05) is 12.5 Å². The van der Waals surface area contributed by atoms with Crippen LogP contribution in [-0.2, 0) is 16.0 Å². The van der Waals surface area contributed by atoms with Gasteiger partial charge in [-0.05, 0) is 60.9 Å². The van der Waals surface area contributed by atoms with Gasteiger partial charge < -0.3 is 10.1 Å². The Hall–Kier alpha value is -2.96. The lowest BCUT2D eigenvalue weighted by molar-refractivity contribution is -0.119. The predicted molar refractivity (Wildman–Crippen MR) is 119 cm³/mol. The van der Waals surface area contributed by atoms with E-state index in [-0.39, 0.29) is 19.0 Å². The maximum Gasteiger partial charge on any atom is 0.414 e. The van der Waals surface area contributed by atoms with Gasteiger partial charge in [-0.15, -0.1) is 0 Å². The molecule has 1 aliphatic heterocycles. The molecule has 1 aliphatic carbocycles. The molecule has 2 amide bonds. The SMILES string of the molecule is CC(=O)NC[C@H]1CN(c2ccc(-c3ccc(CC4CCCC(F)C4)cc3)c(F)c2)C(=O)O1. The number of ether oxygens (including phenoxy) is 1. The number of halogens is 2. The lowest BCUT2D eigenvalue weighted by atomic mass is 9.83. The van der Waals surface area contributed by atoms with Crippen LogP contribution in [0.25, 0.3) is 11.1 Å². The summed E-state index contributed by atoms with van der Waals surface area (Å²) in [5, 5.41) is 2.62. The summed E-state index contributed by atoms with van der Waals surface area (Å²) in [6.07, 6.45) is 2.43. The normalized spacial score (nSPS) is 23.2. The number of benzene rings is 2. The Kier molecular flexibility index (Phi) is 6.72. The highest BCUT2D eigenvalue weighted by atomic mass is 19.1. The standard InChI is InChI=1S/C25H28F2N2O3/c1-16(30)28-14-22-15-29(25(31)32-22)21-9-10-23(24(27)13-21)19-7-5-17(6-8-19)11-18-3-2-4-20(26)12-18/h5-10,13,18,20,22H,2-4,11-12,14-15H2,1H3,(H,28,30)/t18?,20?,22-/m0/s1. The molecule has 5 nitrogen and oxygen atoms in total. The van der Waals surface area contributed by atoms with Crippen molar-refractivity contribution in [3.63, 3.8) is 0 Å². The Morgan fingerprint density at radius 1 is 1.19 bits per heavy atom. The highest BCUT2D eigenvalue weighted by Gasteiger charge is 2.32. The van der Waals surface area contributed by atoms with E-state index >= 15 is 0 Å². The van der Waals surface area contributed by atoms with Crippen LogP contribution in [0, 0.1) is 11.7 Å². The second kappa shape index (κ2) is 9.67. The van der Waals surface area contributed by atoms with E-state index in [9.17, 15) is 18.4 Å². The molecule has 3 atom stereocenters. The maximum atomic E-state index is 14.9. The number of carbonyl (C=O) groups is 2. The van der Waals surface area contributed by atoms with E-state index in [0.717, 1.165) is 30.4 Å². The molecular weight excluding hydrogens is 414 g/mol. The fraction of sp³-hybridized carbons (Fsp3) is 0.440. The van der Waals surface area contributed by atoms with Crippen LogP contribution in [0.4, 0.5) is 19.3 Å². The van der Waals surface area contributed by atoms with Crippen molar-refractivity contribution in [2.24, 2.45) is 5.92 Å². The second-order valence-corrected chi connectivity index (χ2v) is 8.75. The molecule has 1 saturated carbocycles. The van der Waals surface area contributed by atoms with Crippen LogP contribution in [-0.4, -0.2) is 37.4 Å². The van der Waals surface area contributed by atoms with Crippen molar-refractivity contribution >= 4 is 17.7 Å². The Morgan fingerprint density at radius 3 is 2.66 bits per heavy atom. The largest absolute Gasteiger partial charge is 0.442 e. The molecular formula is C25H28F2N2O3. The molecule has 2 fully saturated rings. The molecule has 2 unspecified atom stereocenters. The van der Waals surface area contributed by atoms with E-state index in [0.29, 0.717) is 30.0 Å². The summed E-state index contributed by atoms with van der Waals surface area (Å²) in [6, 6.07) is 12.4. The van der Waals surface area contributed by atoms with Crippen LogP contribution in [0.5, 0.6) is 0 Å². The van der Waals surface area contributed by atoms with Gasteiger partial charge in [-0.25, -0.2) is 13.6 Å². The van der Waals surface area contributed by atoms with Crippen LogP contribution < -0.4 is 10.2 Å². The smallest absolute Gasteiger partial charge is 0.414 e. The first-order valence-electron chi connectivity index (χ1n) is 11.1. The zero-order chi connectivity index (χ0) is 22.7. The number of anilines is 1. The van der Waals surface area contributed by atoms with Crippen molar-refractivity contribution in [1.29, 1.82) is 0 Å². The summed E-state index contributed by atoms with van der Waals surface area (Å²) >= 11 is 0. The number of rotatable bonds is 6. The third-order valence-electron chi connectivity index (χ3n) is 6.23. The van der Waals surface area contributed by atoms with E-state index < -0.39 is 24.2 Å². The van der Waals surface area contributed by atoms with Crippen molar-refractivity contribution in [2.75, 3.05) is 18.0 Å². The Bertz CT molecular complexity index is 980. The first kappa shape index (κ1) is 22.2. The molecule has 2 aliphatic rings. The van der Waals surface area contributed by atoms with Crippen molar-refractivity contribution in [3.05, 3.63) is 53.8 Å². The number of cyclic esters (lactones) is 1. The van der Waals surface area contributed by atoms with E-state index in [1.165, 1.54) is 17.9 Å². The average Bonchev–Trinajstić information content (AvgIpc) is 3.13. The topological polar surface area (TPSA) is 58.6 Å². The van der Waals surface area contributed by atoms with Gasteiger partial charge in [0.05, 0.1) is 18.8 Å². The fourth-order valence-corrected chi connectivity index (χ4v) is 4.57. The van der Waals surface area contributed by atoms with E-state index in [1.807, 2.05) is 24.3 Å². The summed E-state index contributed by atoms with van der Waals surface area (Å²) in [5.74, 6) is -0.262. The second-order valence-electron chi connectivity index (χ2n) is 8.75. The highest BCUT2D eigenvalue weighted by molar-refractivity contribution is 5.90. The van der Waals surface area contributed by atoms with Gasteiger partial charge >= 0.3 is 6.09 Å². The zero-order valence-electron chi connectivity index (χ0n) is 18.2. The van der Waals surface area contributed by atoms with Crippen LogP contribution >= 0.6 is 0 Å². The first-order chi connectivity index (χ1) is 15.4. The van der Waals surface area contributed by atoms with Crippen LogP contribution in [0.15, 0.2) is 42.5 Å². The number of amides is 2. The fourth-order valence-electron chi connectivity index (χ4n) is 4.57. The van der Waals surface area contributed by atoms with E-state index in [1.54, 1.807) is 12.1 Å². The summed E-state index contributed by atoms with van der Waals surface area (Å²) in [5.41, 5.74) is 2.74. The quantitative estimate of drug-likeness (QED) is 0.683. The average molecular weight is 443 g/mol. The molecule has 7 heteroatoms. The third kappa shape index (κ3) is 5.26. The summed E-state index contributed by atoms with van der Waals surface area (Å²) in [6.45, 7) is 1.86. The van der Waals surface area contributed by atoms with Gasteiger partial charge in [0.1, 0.15) is 18.1 Å². The molecule has 2 aromatic rings. The highest BCUT2D eigenvalue weighted by Crippen LogP contribution is 2.31. The number of carbonyl (C=O) groups excluding carboxylic acids is 2. The van der Waals surface area contributed by atoms with Gasteiger partial charge in [0.15, 0.2) is 0 Å². The molecule has 0 bridgehead atoms. The van der Waals surface area contributed by atoms with Crippen LogP contribution in [0.2, 0.25) is 0 Å². The number of hydrogen-bond donors (Lipinski definition) is 1. The Balaban J connectivity index is 1.42. The first-order valence-corrected chi connectivity index (χ1v) is 11.1. The molecule has 1 heterocycles. The summed E-state index contributed by atoms with van der Waals surface area (Å²) in [4.78, 5) is 24.6. The monoisotopic (exact) mass is 442 g/mol. The van der Waals surface area contributed by atoms with Gasteiger partial charge in [-0.3, -0.25) is 9.69 Å². The van der Waals surface area contributed by atoms with Gasteiger partial charge in [-0.1, -0.05) is 30.7 Å². The van der Waals surface area contributed by atoms with Gasteiger partial charge in [0.25, 0.3) is 0 Å². The number of nitrogens with zero attached hydrogens (tertiary/aromatic N) is 1. The molecule has 0 radical (unpaired) electrons. The maximum absolute atomic E-state index is 14.9. The minimum absolute atomic E-state index is 0.203. The molecule has 2 aromatic carbocycles. The number of alkyl halides is 1. The summed E-state index contributed by atoms with van der Waals surface area (Å²) in [7, 11) is 0. The van der Waals surface area contributed by atoms with Crippen molar-refractivity contribution in [2.45, 2.75) is 51.3 Å². The number of hydrogen-bond acceptors (Lipinski definition) is 3. The Labute approximate surface area is 186 Å². The predicted octanol–water partition coefficient (Wildman–Crippen LogP) is 5.02. The van der Waals surface area contributed by atoms with Gasteiger partial charge in [0.2, 0.25) is 5.91 Å². The van der Waals surface area contributed by atoms with Crippen LogP contribution in [0.1, 0.15) is 38.2 Å². The lowest BCUT2D eigenvalue weighted by Gasteiger charge is -2.24. The molecule has 0 spiro atoms. The van der Waals surface area contributed by atoms with E-state index in [2.05, 4.69) is 5.32 Å². The van der Waals surface area contributed by atoms with Crippen molar-refractivity contribution in [1.82, 2.24) is 5.32 Å².